The van der Waals surface area contributed by atoms with Crippen molar-refractivity contribution in [2.75, 3.05) is 13.7 Å². The minimum absolute atomic E-state index is 0.168. The molecular weight excluding hydrogens is 216 g/mol. The Morgan fingerprint density at radius 1 is 1.35 bits per heavy atom. The molecule has 0 bridgehead atoms. The first-order valence-corrected chi connectivity index (χ1v) is 5.93. The van der Waals surface area contributed by atoms with Crippen LogP contribution >= 0.6 is 0 Å². The highest BCUT2D eigenvalue weighted by Gasteiger charge is 2.39. The molecule has 3 nitrogen and oxygen atoms in total. The van der Waals surface area contributed by atoms with Gasteiger partial charge in [-0.25, -0.2) is 0 Å². The number of benzene rings is 1. The van der Waals surface area contributed by atoms with Gasteiger partial charge in [-0.3, -0.25) is 0 Å². The molecule has 1 aromatic carbocycles. The van der Waals surface area contributed by atoms with E-state index in [4.69, 9.17) is 14.2 Å². The Hall–Kier alpha value is -1.32. The first kappa shape index (κ1) is 10.8. The minimum atomic E-state index is -0.257. The molecule has 1 aromatic rings. The average molecular weight is 232 g/mol. The fourth-order valence-electron chi connectivity index (χ4n) is 2.41. The molecule has 1 fully saturated rings. The van der Waals surface area contributed by atoms with E-state index in [2.05, 4.69) is 18.2 Å². The summed E-state index contributed by atoms with van der Waals surface area (Å²) in [5.74, 6) is 0.951. The zero-order valence-electron chi connectivity index (χ0n) is 9.89. The van der Waals surface area contributed by atoms with Crippen LogP contribution < -0.4 is 4.74 Å². The minimum Gasteiger partial charge on any atom is -0.482 e. The van der Waals surface area contributed by atoms with Crippen LogP contribution in [0.15, 0.2) is 30.3 Å². The van der Waals surface area contributed by atoms with Crippen LogP contribution in [0.25, 0.3) is 6.08 Å². The third kappa shape index (κ3) is 1.96. The monoisotopic (exact) mass is 232 g/mol. The molecule has 0 aliphatic carbocycles. The van der Waals surface area contributed by atoms with Crippen LogP contribution in [-0.2, 0) is 9.47 Å². The maximum absolute atomic E-state index is 6.15. The summed E-state index contributed by atoms with van der Waals surface area (Å²) in [4.78, 5) is 0. The Kier molecular flexibility index (Phi) is 2.65. The van der Waals surface area contributed by atoms with E-state index in [-0.39, 0.29) is 11.9 Å². The highest BCUT2D eigenvalue weighted by molar-refractivity contribution is 5.60. The molecule has 0 amide bonds. The summed E-state index contributed by atoms with van der Waals surface area (Å²) in [6, 6.07) is 8.09. The summed E-state index contributed by atoms with van der Waals surface area (Å²) in [7, 11) is 1.67. The second kappa shape index (κ2) is 4.17. The number of rotatable bonds is 1. The molecule has 17 heavy (non-hydrogen) atoms. The predicted octanol–water partition coefficient (Wildman–Crippen LogP) is 2.61. The van der Waals surface area contributed by atoms with Crippen molar-refractivity contribution in [3.8, 4) is 5.75 Å². The number of hydrogen-bond acceptors (Lipinski definition) is 3. The quantitative estimate of drug-likeness (QED) is 0.745. The number of hydrogen-bond donors (Lipinski definition) is 0. The summed E-state index contributed by atoms with van der Waals surface area (Å²) in [6.45, 7) is 0.672. The lowest BCUT2D eigenvalue weighted by Gasteiger charge is -2.40. The van der Waals surface area contributed by atoms with Crippen molar-refractivity contribution in [2.45, 2.75) is 24.7 Å². The molecule has 0 saturated carbocycles. The Labute approximate surface area is 101 Å². The molecule has 90 valence electrons. The van der Waals surface area contributed by atoms with E-state index in [1.54, 1.807) is 7.11 Å². The Morgan fingerprint density at radius 3 is 3.12 bits per heavy atom. The molecule has 2 unspecified atom stereocenters. The van der Waals surface area contributed by atoms with Gasteiger partial charge in [0, 0.05) is 25.5 Å². The van der Waals surface area contributed by atoms with Gasteiger partial charge in [0.25, 0.3) is 0 Å². The van der Waals surface area contributed by atoms with Gasteiger partial charge in [-0.1, -0.05) is 24.3 Å². The molecule has 0 aromatic heterocycles. The molecule has 2 aliphatic heterocycles. The van der Waals surface area contributed by atoms with E-state index in [9.17, 15) is 0 Å². The topological polar surface area (TPSA) is 27.7 Å². The van der Waals surface area contributed by atoms with E-state index < -0.39 is 0 Å². The van der Waals surface area contributed by atoms with Gasteiger partial charge in [-0.2, -0.15) is 0 Å². The van der Waals surface area contributed by atoms with E-state index in [0.717, 1.165) is 24.2 Å². The summed E-state index contributed by atoms with van der Waals surface area (Å²) in [5, 5.41) is 0. The molecule has 0 radical (unpaired) electrons. The number of ether oxygens (including phenoxy) is 3. The van der Waals surface area contributed by atoms with Crippen LogP contribution in [0.2, 0.25) is 0 Å². The standard InChI is InChI=1S/C14H16O3/c1-15-13-10-14(8-9-16-13)7-6-11-4-2-3-5-12(11)17-14/h2-7,13H,8-10H2,1H3. The highest BCUT2D eigenvalue weighted by Crippen LogP contribution is 2.37. The lowest BCUT2D eigenvalue weighted by molar-refractivity contribution is -0.182. The molecule has 2 aliphatic rings. The van der Waals surface area contributed by atoms with Crippen LogP contribution in [0, 0.1) is 0 Å². The van der Waals surface area contributed by atoms with Crippen LogP contribution in [0.4, 0.5) is 0 Å². The number of fused-ring (bicyclic) bond motifs is 1. The van der Waals surface area contributed by atoms with Gasteiger partial charge in [0.15, 0.2) is 6.29 Å². The Morgan fingerprint density at radius 2 is 2.24 bits per heavy atom. The second-order valence-corrected chi connectivity index (χ2v) is 4.53. The summed E-state index contributed by atoms with van der Waals surface area (Å²) in [5.41, 5.74) is 0.881. The lowest BCUT2D eigenvalue weighted by Crippen LogP contribution is -2.45. The summed E-state index contributed by atoms with van der Waals surface area (Å²) in [6.07, 6.45) is 5.73. The van der Waals surface area contributed by atoms with Crippen molar-refractivity contribution in [3.05, 3.63) is 35.9 Å². The molecule has 1 spiro atoms. The maximum Gasteiger partial charge on any atom is 0.161 e. The van der Waals surface area contributed by atoms with E-state index in [1.807, 2.05) is 18.2 Å². The van der Waals surface area contributed by atoms with Gasteiger partial charge in [-0.05, 0) is 12.1 Å². The van der Waals surface area contributed by atoms with Crippen LogP contribution in [0.3, 0.4) is 0 Å². The van der Waals surface area contributed by atoms with Crippen molar-refractivity contribution in [2.24, 2.45) is 0 Å². The predicted molar refractivity (Wildman–Crippen MR) is 64.8 cm³/mol. The van der Waals surface area contributed by atoms with Crippen molar-refractivity contribution in [1.82, 2.24) is 0 Å². The first-order valence-electron chi connectivity index (χ1n) is 5.93. The fraction of sp³-hybridized carbons (Fsp3) is 0.429. The van der Waals surface area contributed by atoms with Crippen LogP contribution in [0.1, 0.15) is 18.4 Å². The largest absolute Gasteiger partial charge is 0.482 e. The fourth-order valence-corrected chi connectivity index (χ4v) is 2.41. The third-order valence-corrected chi connectivity index (χ3v) is 3.40. The van der Waals surface area contributed by atoms with Gasteiger partial charge in [0.2, 0.25) is 0 Å². The lowest BCUT2D eigenvalue weighted by atomic mass is 9.90. The van der Waals surface area contributed by atoms with Gasteiger partial charge >= 0.3 is 0 Å². The van der Waals surface area contributed by atoms with E-state index in [1.165, 1.54) is 0 Å². The molecule has 2 atom stereocenters. The van der Waals surface area contributed by atoms with Crippen molar-refractivity contribution in [3.63, 3.8) is 0 Å². The molecular formula is C14H16O3. The van der Waals surface area contributed by atoms with Gasteiger partial charge in [0.05, 0.1) is 6.61 Å². The summed E-state index contributed by atoms with van der Waals surface area (Å²) >= 11 is 0. The first-order chi connectivity index (χ1) is 8.31. The molecule has 0 N–H and O–H groups in total. The third-order valence-electron chi connectivity index (χ3n) is 3.40. The number of para-hydroxylation sites is 1. The molecule has 1 saturated heterocycles. The van der Waals surface area contributed by atoms with Crippen molar-refractivity contribution in [1.29, 1.82) is 0 Å². The normalized spacial score (nSPS) is 31.0. The number of methoxy groups -OCH3 is 1. The Balaban J connectivity index is 1.87. The van der Waals surface area contributed by atoms with E-state index >= 15 is 0 Å². The second-order valence-electron chi connectivity index (χ2n) is 4.53. The zero-order valence-corrected chi connectivity index (χ0v) is 9.89. The Bertz CT molecular complexity index is 441. The van der Waals surface area contributed by atoms with Gasteiger partial charge in [0.1, 0.15) is 11.4 Å². The van der Waals surface area contributed by atoms with Gasteiger partial charge in [-0.15, -0.1) is 0 Å². The maximum atomic E-state index is 6.15. The van der Waals surface area contributed by atoms with Crippen molar-refractivity contribution < 1.29 is 14.2 Å². The molecule has 3 heteroatoms. The molecule has 2 heterocycles. The zero-order chi connectivity index (χ0) is 11.7. The van der Waals surface area contributed by atoms with Gasteiger partial charge < -0.3 is 14.2 Å². The van der Waals surface area contributed by atoms with E-state index in [0.29, 0.717) is 6.61 Å². The highest BCUT2D eigenvalue weighted by atomic mass is 16.7. The average Bonchev–Trinajstić information content (AvgIpc) is 2.38. The van der Waals surface area contributed by atoms with Crippen LogP contribution in [-0.4, -0.2) is 25.6 Å². The summed E-state index contributed by atoms with van der Waals surface area (Å²) < 4.78 is 16.9. The molecule has 3 rings (SSSR count). The van der Waals surface area contributed by atoms with Crippen molar-refractivity contribution >= 4 is 6.08 Å². The smallest absolute Gasteiger partial charge is 0.161 e. The SMILES string of the molecule is COC1CC2(C=Cc3ccccc3O2)CCO1. The van der Waals surface area contributed by atoms with Crippen LogP contribution in [0.5, 0.6) is 5.75 Å².